The van der Waals surface area contributed by atoms with E-state index in [1.165, 1.54) is 0 Å². The van der Waals surface area contributed by atoms with Crippen LogP contribution in [0.4, 0.5) is 0 Å². The Labute approximate surface area is 266 Å². The number of aliphatic hydroxyl groups excluding tert-OH is 1. The first-order chi connectivity index (χ1) is 21.1. The minimum atomic E-state index is -1.02. The molecule has 1 aliphatic heterocycles. The van der Waals surface area contributed by atoms with Gasteiger partial charge in [0, 0.05) is 5.41 Å². The third-order valence-electron chi connectivity index (χ3n) is 12.9. The largest absolute Gasteiger partial charge is 0.481 e. The monoisotopic (exact) mass is 632 g/mol. The quantitative estimate of drug-likeness (QED) is 0.200. The van der Waals surface area contributed by atoms with Gasteiger partial charge in [-0.2, -0.15) is 0 Å². The predicted octanol–water partition coefficient (Wildman–Crippen LogP) is 4.50. The summed E-state index contributed by atoms with van der Waals surface area (Å²) in [7, 11) is 0. The number of hydrogen-bond acceptors (Lipinski definition) is 9. The summed E-state index contributed by atoms with van der Waals surface area (Å²) in [5, 5.41) is 20.6. The van der Waals surface area contributed by atoms with Crippen molar-refractivity contribution in [3.63, 3.8) is 0 Å². The van der Waals surface area contributed by atoms with Gasteiger partial charge in [0.25, 0.3) is 0 Å². The van der Waals surface area contributed by atoms with E-state index in [1.807, 2.05) is 34.6 Å². The molecule has 6 fully saturated rings. The second kappa shape index (κ2) is 12.3. The Morgan fingerprint density at radius 3 is 2.04 bits per heavy atom. The van der Waals surface area contributed by atoms with Crippen LogP contribution >= 0.6 is 0 Å². The van der Waals surface area contributed by atoms with Crippen LogP contribution in [-0.4, -0.2) is 58.9 Å². The topological polar surface area (TPSA) is 154 Å². The normalized spacial score (nSPS) is 40.8. The summed E-state index contributed by atoms with van der Waals surface area (Å²) in [4.78, 5) is 66.0. The molecule has 6 aliphatic rings. The molecule has 10 nitrogen and oxygen atoms in total. The SMILES string of the molecule is CCC(CC)(CO)COC(=O)C1C2CCC(C1C(=O)O)C(C1C3CC(C(=O)OC(C)(C)C)C(C3)C1C1C(=O)OC(=O)C1C)C2C. The summed E-state index contributed by atoms with van der Waals surface area (Å²) in [6, 6.07) is 0. The zero-order chi connectivity index (χ0) is 33.2. The van der Waals surface area contributed by atoms with E-state index in [-0.39, 0.29) is 66.5 Å². The highest BCUT2D eigenvalue weighted by molar-refractivity contribution is 5.96. The third kappa shape index (κ3) is 5.71. The molecule has 45 heavy (non-hydrogen) atoms. The van der Waals surface area contributed by atoms with E-state index in [1.54, 1.807) is 6.92 Å². The van der Waals surface area contributed by atoms with Gasteiger partial charge in [-0.3, -0.25) is 24.0 Å². The van der Waals surface area contributed by atoms with E-state index in [0.717, 1.165) is 0 Å². The van der Waals surface area contributed by atoms with Crippen LogP contribution in [0.15, 0.2) is 0 Å². The number of cyclic esters (lactones) is 2. The molecule has 0 aromatic rings. The second-order valence-electron chi connectivity index (χ2n) is 15.9. The zero-order valence-corrected chi connectivity index (χ0v) is 27.8. The maximum absolute atomic E-state index is 13.7. The summed E-state index contributed by atoms with van der Waals surface area (Å²) in [5.74, 6) is -7.52. The molecule has 5 aliphatic carbocycles. The number of rotatable bonds is 10. The minimum absolute atomic E-state index is 0.0212. The van der Waals surface area contributed by atoms with E-state index >= 15 is 0 Å². The van der Waals surface area contributed by atoms with Gasteiger partial charge in [-0.05, 0) is 107 Å². The third-order valence-corrected chi connectivity index (χ3v) is 12.9. The van der Waals surface area contributed by atoms with E-state index in [9.17, 15) is 34.2 Å². The van der Waals surface area contributed by atoms with Gasteiger partial charge in [-0.1, -0.05) is 27.7 Å². The molecule has 5 saturated carbocycles. The molecule has 0 amide bonds. The molecule has 0 spiro atoms. The van der Waals surface area contributed by atoms with Crippen LogP contribution in [0.25, 0.3) is 0 Å². The van der Waals surface area contributed by atoms with Gasteiger partial charge in [0.05, 0.1) is 42.8 Å². The number of fused-ring (bicyclic) bond motifs is 5. The molecule has 0 radical (unpaired) electrons. The van der Waals surface area contributed by atoms with Crippen LogP contribution in [0.3, 0.4) is 0 Å². The maximum atomic E-state index is 13.7. The van der Waals surface area contributed by atoms with E-state index in [2.05, 4.69) is 6.92 Å². The molecule has 0 aromatic carbocycles. The van der Waals surface area contributed by atoms with Gasteiger partial charge in [-0.15, -0.1) is 0 Å². The first-order valence-electron chi connectivity index (χ1n) is 17.1. The summed E-state index contributed by atoms with van der Waals surface area (Å²) in [6.07, 6.45) is 3.95. The van der Waals surface area contributed by atoms with E-state index in [4.69, 9.17) is 14.2 Å². The van der Waals surface area contributed by atoms with Crippen LogP contribution < -0.4 is 0 Å². The lowest BCUT2D eigenvalue weighted by atomic mass is 9.45. The van der Waals surface area contributed by atoms with Crippen LogP contribution in [0.5, 0.6) is 0 Å². The number of carbonyl (C=O) groups is 5. The Kier molecular flexibility index (Phi) is 9.23. The van der Waals surface area contributed by atoms with Crippen molar-refractivity contribution in [3.8, 4) is 0 Å². The number of hydrogen-bond donors (Lipinski definition) is 2. The maximum Gasteiger partial charge on any atom is 0.317 e. The Morgan fingerprint density at radius 2 is 1.51 bits per heavy atom. The van der Waals surface area contributed by atoms with Gasteiger partial charge < -0.3 is 24.4 Å². The molecule has 13 unspecified atom stereocenters. The molecule has 13 atom stereocenters. The van der Waals surface area contributed by atoms with Gasteiger partial charge in [0.15, 0.2) is 0 Å². The van der Waals surface area contributed by atoms with Crippen molar-refractivity contribution in [2.45, 2.75) is 92.6 Å². The van der Waals surface area contributed by atoms with Crippen molar-refractivity contribution in [3.05, 3.63) is 0 Å². The highest BCUT2D eigenvalue weighted by Crippen LogP contribution is 2.68. The Hall–Kier alpha value is -2.49. The molecular formula is C35H52O10. The van der Waals surface area contributed by atoms with Crippen molar-refractivity contribution in [2.75, 3.05) is 13.2 Å². The minimum Gasteiger partial charge on any atom is -0.481 e. The number of aliphatic hydroxyl groups is 1. The molecule has 0 aromatic heterocycles. The molecule has 4 bridgehead atoms. The summed E-state index contributed by atoms with van der Waals surface area (Å²) < 4.78 is 16.8. The molecule has 1 heterocycles. The molecule has 1 saturated heterocycles. The standard InChI is InChI=1S/C35H52O10/c1-8-35(9-2,14-36)15-43-32(41)28-19-10-11-20(27(28)29(37)38)23(16(19)3)25-18-12-21(22(13-18)31(40)45-34(5,6)7)26(25)24-17(4)30(39)44-33(24)42/h16-28,36H,8-15H2,1-7H3,(H,37,38). The molecule has 2 N–H and O–H groups in total. The molecule has 6 rings (SSSR count). The highest BCUT2D eigenvalue weighted by atomic mass is 16.6. The average Bonchev–Trinajstić information content (AvgIpc) is 3.63. The van der Waals surface area contributed by atoms with Crippen molar-refractivity contribution in [2.24, 2.45) is 82.3 Å². The van der Waals surface area contributed by atoms with Crippen LogP contribution in [0, 0.1) is 82.3 Å². The Balaban J connectivity index is 1.47. The smallest absolute Gasteiger partial charge is 0.317 e. The molecule has 10 heteroatoms. The number of ether oxygens (including phenoxy) is 3. The molecular weight excluding hydrogens is 580 g/mol. The highest BCUT2D eigenvalue weighted by Gasteiger charge is 2.68. The van der Waals surface area contributed by atoms with Crippen molar-refractivity contribution >= 4 is 29.8 Å². The first-order valence-corrected chi connectivity index (χ1v) is 17.1. The lowest BCUT2D eigenvalue weighted by molar-refractivity contribution is -0.189. The van der Waals surface area contributed by atoms with E-state index < -0.39 is 64.5 Å². The lowest BCUT2D eigenvalue weighted by Crippen LogP contribution is -2.59. The van der Waals surface area contributed by atoms with Crippen molar-refractivity contribution in [1.29, 1.82) is 0 Å². The average molecular weight is 633 g/mol. The Morgan fingerprint density at radius 1 is 0.867 bits per heavy atom. The zero-order valence-electron chi connectivity index (χ0n) is 27.8. The van der Waals surface area contributed by atoms with Crippen LogP contribution in [-0.2, 0) is 38.2 Å². The number of aliphatic carboxylic acids is 1. The predicted molar refractivity (Wildman–Crippen MR) is 161 cm³/mol. The summed E-state index contributed by atoms with van der Waals surface area (Å²) in [5.41, 5.74) is -1.22. The van der Waals surface area contributed by atoms with Crippen molar-refractivity contribution < 1.29 is 48.4 Å². The molecule has 252 valence electrons. The van der Waals surface area contributed by atoms with Crippen molar-refractivity contribution in [1.82, 2.24) is 0 Å². The van der Waals surface area contributed by atoms with Gasteiger partial charge >= 0.3 is 29.8 Å². The Bertz CT molecular complexity index is 1190. The fourth-order valence-electron chi connectivity index (χ4n) is 10.6. The fraction of sp³-hybridized carbons (Fsp3) is 0.857. The number of carboxylic acid groups (broad SMARTS) is 1. The number of esters is 4. The van der Waals surface area contributed by atoms with Gasteiger partial charge in [-0.25, -0.2) is 0 Å². The first kappa shape index (κ1) is 33.9. The fourth-order valence-corrected chi connectivity index (χ4v) is 10.6. The van der Waals surface area contributed by atoms with E-state index in [0.29, 0.717) is 38.5 Å². The summed E-state index contributed by atoms with van der Waals surface area (Å²) >= 11 is 0. The van der Waals surface area contributed by atoms with Crippen LogP contribution in [0.2, 0.25) is 0 Å². The summed E-state index contributed by atoms with van der Waals surface area (Å²) in [6.45, 7) is 13.1. The lowest BCUT2D eigenvalue weighted by Gasteiger charge is -2.58. The number of carboxylic acids is 1. The second-order valence-corrected chi connectivity index (χ2v) is 15.9. The van der Waals surface area contributed by atoms with Gasteiger partial charge in [0.2, 0.25) is 0 Å². The van der Waals surface area contributed by atoms with Gasteiger partial charge in [0.1, 0.15) is 5.60 Å². The van der Waals surface area contributed by atoms with Crippen LogP contribution in [0.1, 0.15) is 87.0 Å². The number of carbonyl (C=O) groups excluding carboxylic acids is 4.